The van der Waals surface area contributed by atoms with Crippen LogP contribution in [0.15, 0.2) is 11.4 Å². The van der Waals surface area contributed by atoms with Crippen LogP contribution in [0, 0.1) is 17.2 Å². The van der Waals surface area contributed by atoms with Gasteiger partial charge >= 0.3 is 0 Å². The fourth-order valence-corrected chi connectivity index (χ4v) is 3.68. The molecule has 114 valence electrons. The first-order valence-corrected chi connectivity index (χ1v) is 8.25. The van der Waals surface area contributed by atoms with Crippen molar-refractivity contribution in [1.82, 2.24) is 4.90 Å². The number of carbonyl (C=O) groups is 1. The number of piperidine rings is 1. The lowest BCUT2D eigenvalue weighted by molar-refractivity contribution is -0.116. The van der Waals surface area contributed by atoms with Crippen molar-refractivity contribution in [2.24, 2.45) is 11.7 Å². The molecular formula is C15H22N4OS. The third-order valence-corrected chi connectivity index (χ3v) is 4.97. The summed E-state index contributed by atoms with van der Waals surface area (Å²) >= 11 is 1.38. The summed E-state index contributed by atoms with van der Waals surface area (Å²) in [6, 6.07) is 4.17. The van der Waals surface area contributed by atoms with Crippen LogP contribution in [0.4, 0.5) is 5.00 Å². The Morgan fingerprint density at radius 3 is 3.19 bits per heavy atom. The lowest BCUT2D eigenvalue weighted by Gasteiger charge is -2.39. The second kappa shape index (κ2) is 7.55. The maximum atomic E-state index is 12.0. The van der Waals surface area contributed by atoms with Crippen LogP contribution in [0.1, 0.15) is 31.7 Å². The van der Waals surface area contributed by atoms with Gasteiger partial charge in [-0.1, -0.05) is 6.92 Å². The number of thiophene rings is 1. The number of likely N-dealkylation sites (tertiary alicyclic amines) is 1. The van der Waals surface area contributed by atoms with E-state index in [2.05, 4.69) is 23.2 Å². The van der Waals surface area contributed by atoms with Crippen LogP contribution in [-0.4, -0.2) is 36.5 Å². The first kappa shape index (κ1) is 16.0. The summed E-state index contributed by atoms with van der Waals surface area (Å²) in [6.07, 6.45) is 2.82. The fourth-order valence-electron chi connectivity index (χ4n) is 2.92. The Labute approximate surface area is 129 Å². The van der Waals surface area contributed by atoms with Crippen molar-refractivity contribution in [2.45, 2.75) is 32.2 Å². The number of rotatable bonds is 5. The summed E-state index contributed by atoms with van der Waals surface area (Å²) < 4.78 is 0. The summed E-state index contributed by atoms with van der Waals surface area (Å²) in [7, 11) is 0. The zero-order chi connectivity index (χ0) is 15.2. The molecule has 0 saturated carbocycles. The van der Waals surface area contributed by atoms with Crippen LogP contribution < -0.4 is 11.1 Å². The number of anilines is 1. The molecule has 2 atom stereocenters. The van der Waals surface area contributed by atoms with Gasteiger partial charge in [-0.3, -0.25) is 9.69 Å². The summed E-state index contributed by atoms with van der Waals surface area (Å²) in [5.41, 5.74) is 6.39. The van der Waals surface area contributed by atoms with Gasteiger partial charge in [0.15, 0.2) is 0 Å². The Kier molecular flexibility index (Phi) is 5.74. The summed E-state index contributed by atoms with van der Waals surface area (Å²) in [6.45, 7) is 4.62. The average Bonchev–Trinajstić information content (AvgIpc) is 2.92. The van der Waals surface area contributed by atoms with Crippen molar-refractivity contribution >= 4 is 22.2 Å². The highest BCUT2D eigenvalue weighted by Gasteiger charge is 2.27. The molecule has 0 aliphatic carbocycles. The van der Waals surface area contributed by atoms with Gasteiger partial charge in [-0.25, -0.2) is 0 Å². The topological polar surface area (TPSA) is 82.2 Å². The molecule has 0 radical (unpaired) electrons. The van der Waals surface area contributed by atoms with E-state index in [0.29, 0.717) is 35.5 Å². The largest absolute Gasteiger partial charge is 0.329 e. The number of hydrogen-bond acceptors (Lipinski definition) is 5. The number of carbonyl (C=O) groups excluding carboxylic acids is 1. The van der Waals surface area contributed by atoms with E-state index in [1.54, 1.807) is 6.07 Å². The van der Waals surface area contributed by atoms with Gasteiger partial charge in [-0.2, -0.15) is 5.26 Å². The van der Waals surface area contributed by atoms with E-state index < -0.39 is 0 Å². The first-order valence-electron chi connectivity index (χ1n) is 7.37. The average molecular weight is 306 g/mol. The van der Waals surface area contributed by atoms with Crippen LogP contribution in [0.3, 0.4) is 0 Å². The van der Waals surface area contributed by atoms with Gasteiger partial charge in [0.1, 0.15) is 11.1 Å². The zero-order valence-electron chi connectivity index (χ0n) is 12.3. The third-order valence-electron chi connectivity index (χ3n) is 4.14. The SMILES string of the molecule is CC1CCCN(CCC(=O)Nc2sccc2C#N)C1CN. The Balaban J connectivity index is 1.85. The minimum Gasteiger partial charge on any atom is -0.329 e. The summed E-state index contributed by atoms with van der Waals surface area (Å²) in [4.78, 5) is 14.4. The molecule has 2 rings (SSSR count). The number of nitriles is 1. The highest BCUT2D eigenvalue weighted by molar-refractivity contribution is 7.14. The molecule has 0 bridgehead atoms. The second-order valence-corrected chi connectivity index (χ2v) is 6.45. The molecule has 6 heteroatoms. The smallest absolute Gasteiger partial charge is 0.226 e. The molecule has 1 aromatic heterocycles. The molecule has 1 amide bonds. The van der Waals surface area contributed by atoms with E-state index in [-0.39, 0.29) is 5.91 Å². The molecule has 1 fully saturated rings. The lowest BCUT2D eigenvalue weighted by Crippen LogP contribution is -2.49. The van der Waals surface area contributed by atoms with E-state index in [4.69, 9.17) is 11.0 Å². The Bertz CT molecular complexity index is 522. The lowest BCUT2D eigenvalue weighted by atomic mass is 9.90. The van der Waals surface area contributed by atoms with Crippen molar-refractivity contribution in [3.05, 3.63) is 17.0 Å². The zero-order valence-corrected chi connectivity index (χ0v) is 13.2. The maximum absolute atomic E-state index is 12.0. The number of nitrogens with zero attached hydrogens (tertiary/aromatic N) is 2. The maximum Gasteiger partial charge on any atom is 0.226 e. The Morgan fingerprint density at radius 1 is 1.67 bits per heavy atom. The van der Waals surface area contributed by atoms with Crippen LogP contribution >= 0.6 is 11.3 Å². The van der Waals surface area contributed by atoms with E-state index >= 15 is 0 Å². The van der Waals surface area contributed by atoms with Gasteiger partial charge in [-0.05, 0) is 36.8 Å². The van der Waals surface area contributed by atoms with Gasteiger partial charge in [-0.15, -0.1) is 11.3 Å². The van der Waals surface area contributed by atoms with Gasteiger partial charge in [0.25, 0.3) is 0 Å². The third kappa shape index (κ3) is 4.03. The van der Waals surface area contributed by atoms with Crippen LogP contribution in [0.25, 0.3) is 0 Å². The predicted molar refractivity (Wildman–Crippen MR) is 85.1 cm³/mol. The van der Waals surface area contributed by atoms with Gasteiger partial charge < -0.3 is 11.1 Å². The number of nitrogens with two attached hydrogens (primary N) is 1. The Morgan fingerprint density at radius 2 is 2.48 bits per heavy atom. The van der Waals surface area contributed by atoms with E-state index in [9.17, 15) is 4.79 Å². The van der Waals surface area contributed by atoms with E-state index in [1.807, 2.05) is 5.38 Å². The minimum absolute atomic E-state index is 0.0389. The molecule has 0 aromatic carbocycles. The first-order chi connectivity index (χ1) is 10.2. The predicted octanol–water partition coefficient (Wildman–Crippen LogP) is 2.01. The van der Waals surface area contributed by atoms with Gasteiger partial charge in [0, 0.05) is 25.6 Å². The van der Waals surface area contributed by atoms with Crippen LogP contribution in [0.5, 0.6) is 0 Å². The van der Waals surface area contributed by atoms with E-state index in [1.165, 1.54) is 24.2 Å². The quantitative estimate of drug-likeness (QED) is 0.872. The molecule has 2 unspecified atom stereocenters. The van der Waals surface area contributed by atoms with Crippen molar-refractivity contribution in [3.8, 4) is 6.07 Å². The fraction of sp³-hybridized carbons (Fsp3) is 0.600. The molecular weight excluding hydrogens is 284 g/mol. The van der Waals surface area contributed by atoms with Gasteiger partial charge in [0.05, 0.1) is 5.56 Å². The molecule has 1 saturated heterocycles. The molecule has 2 heterocycles. The monoisotopic (exact) mass is 306 g/mol. The normalized spacial score (nSPS) is 22.7. The second-order valence-electron chi connectivity index (χ2n) is 5.53. The standard InChI is InChI=1S/C15H22N4OS/c1-11-3-2-6-19(13(11)10-17)7-4-14(20)18-15-12(9-16)5-8-21-15/h5,8,11,13H,2-4,6-7,10,17H2,1H3,(H,18,20). The molecule has 5 nitrogen and oxygen atoms in total. The minimum atomic E-state index is -0.0389. The molecule has 0 spiro atoms. The van der Waals surface area contributed by atoms with Gasteiger partial charge in [0.2, 0.25) is 5.91 Å². The van der Waals surface area contributed by atoms with Crippen LogP contribution in [-0.2, 0) is 4.79 Å². The number of amides is 1. The molecule has 21 heavy (non-hydrogen) atoms. The summed E-state index contributed by atoms with van der Waals surface area (Å²) in [5.74, 6) is 0.553. The number of hydrogen-bond donors (Lipinski definition) is 2. The molecule has 1 aliphatic heterocycles. The molecule has 1 aromatic rings. The van der Waals surface area contributed by atoms with Crippen molar-refractivity contribution < 1.29 is 4.79 Å². The number of nitrogens with one attached hydrogen (secondary N) is 1. The highest BCUT2D eigenvalue weighted by Crippen LogP contribution is 2.24. The summed E-state index contributed by atoms with van der Waals surface area (Å²) in [5, 5.41) is 14.2. The van der Waals surface area contributed by atoms with Crippen molar-refractivity contribution in [3.63, 3.8) is 0 Å². The molecule has 1 aliphatic rings. The highest BCUT2D eigenvalue weighted by atomic mass is 32.1. The van der Waals surface area contributed by atoms with E-state index in [0.717, 1.165) is 13.1 Å². The van der Waals surface area contributed by atoms with Crippen molar-refractivity contribution in [2.75, 3.05) is 25.0 Å². The van der Waals surface area contributed by atoms with Crippen molar-refractivity contribution in [1.29, 1.82) is 5.26 Å². The molecule has 3 N–H and O–H groups in total. The van der Waals surface area contributed by atoms with Crippen LogP contribution in [0.2, 0.25) is 0 Å². The Hall–Kier alpha value is -1.42.